The molecule has 1 aliphatic rings. The van der Waals surface area contributed by atoms with Gasteiger partial charge in [-0.15, -0.1) is 0 Å². The molecule has 0 heterocycles. The monoisotopic (exact) mass is 194 g/mol. The molecule has 3 nitrogen and oxygen atoms in total. The molecule has 0 radical (unpaired) electrons. The van der Waals surface area contributed by atoms with Crippen molar-refractivity contribution in [2.45, 2.75) is 26.2 Å². The van der Waals surface area contributed by atoms with E-state index < -0.39 is 0 Å². The first-order valence-electron chi connectivity index (χ1n) is 5.20. The summed E-state index contributed by atoms with van der Waals surface area (Å²) in [6.45, 7) is 3.29. The number of amides is 2. The van der Waals surface area contributed by atoms with Crippen LogP contribution in [0.4, 0.5) is 4.79 Å². The number of carbonyl (C=O) groups is 1. The summed E-state index contributed by atoms with van der Waals surface area (Å²) in [6, 6.07) is -0.0760. The molecule has 0 aromatic heterocycles. The van der Waals surface area contributed by atoms with Crippen LogP contribution < -0.4 is 10.6 Å². The normalized spacial score (nSPS) is 14.8. The van der Waals surface area contributed by atoms with Gasteiger partial charge in [0, 0.05) is 13.1 Å². The number of allylic oxidation sites excluding steroid dienone is 3. The summed E-state index contributed by atoms with van der Waals surface area (Å²) in [7, 11) is 0. The van der Waals surface area contributed by atoms with Gasteiger partial charge in [-0.3, -0.25) is 0 Å². The maximum atomic E-state index is 11.0. The molecule has 0 saturated carbocycles. The zero-order chi connectivity index (χ0) is 10.2. The zero-order valence-corrected chi connectivity index (χ0v) is 8.68. The standard InChI is InChI=1S/C11H18N2O/c1-2-12-11(14)13-9-8-10-6-4-3-5-7-10/h4,6-7H,2-3,5,8-9H2,1H3,(H2,12,13,14). The fourth-order valence-corrected chi connectivity index (χ4v) is 1.40. The summed E-state index contributed by atoms with van der Waals surface area (Å²) in [4.78, 5) is 11.0. The maximum Gasteiger partial charge on any atom is 0.314 e. The van der Waals surface area contributed by atoms with Crippen LogP contribution in [-0.4, -0.2) is 19.1 Å². The zero-order valence-electron chi connectivity index (χ0n) is 8.68. The number of hydrogen-bond donors (Lipinski definition) is 2. The molecule has 0 saturated heterocycles. The first-order chi connectivity index (χ1) is 6.83. The Morgan fingerprint density at radius 3 is 2.93 bits per heavy atom. The third kappa shape index (κ3) is 4.12. The van der Waals surface area contributed by atoms with Crippen molar-refractivity contribution in [1.82, 2.24) is 10.6 Å². The molecular formula is C11H18N2O. The van der Waals surface area contributed by atoms with Crippen LogP contribution in [0.2, 0.25) is 0 Å². The predicted octanol–water partition coefficient (Wildman–Crippen LogP) is 1.97. The van der Waals surface area contributed by atoms with Crippen molar-refractivity contribution in [2.75, 3.05) is 13.1 Å². The van der Waals surface area contributed by atoms with Crippen LogP contribution in [-0.2, 0) is 0 Å². The van der Waals surface area contributed by atoms with E-state index in [9.17, 15) is 4.79 Å². The highest BCUT2D eigenvalue weighted by Gasteiger charge is 1.99. The van der Waals surface area contributed by atoms with Crippen LogP contribution in [0.3, 0.4) is 0 Å². The minimum atomic E-state index is -0.0760. The minimum Gasteiger partial charge on any atom is -0.338 e. The Labute approximate surface area is 85.3 Å². The number of nitrogens with one attached hydrogen (secondary N) is 2. The molecule has 0 aromatic carbocycles. The summed E-state index contributed by atoms with van der Waals surface area (Å²) in [5, 5.41) is 5.50. The molecule has 0 aliphatic heterocycles. The number of rotatable bonds is 4. The molecule has 0 atom stereocenters. The molecule has 0 bridgehead atoms. The van der Waals surface area contributed by atoms with Gasteiger partial charge in [0.2, 0.25) is 0 Å². The van der Waals surface area contributed by atoms with Crippen LogP contribution in [0.25, 0.3) is 0 Å². The molecule has 0 unspecified atom stereocenters. The van der Waals surface area contributed by atoms with Gasteiger partial charge in [-0.1, -0.05) is 23.8 Å². The molecule has 2 amide bonds. The fourth-order valence-electron chi connectivity index (χ4n) is 1.40. The summed E-state index contributed by atoms with van der Waals surface area (Å²) >= 11 is 0. The summed E-state index contributed by atoms with van der Waals surface area (Å²) in [5.41, 5.74) is 1.33. The molecule has 1 rings (SSSR count). The second kappa shape index (κ2) is 6.24. The van der Waals surface area contributed by atoms with E-state index >= 15 is 0 Å². The topological polar surface area (TPSA) is 41.1 Å². The molecule has 1 aliphatic carbocycles. The van der Waals surface area contributed by atoms with Crippen molar-refractivity contribution >= 4 is 6.03 Å². The number of carbonyl (C=O) groups excluding carboxylic acids is 1. The van der Waals surface area contributed by atoms with Gasteiger partial charge in [-0.05, 0) is 26.2 Å². The quantitative estimate of drug-likeness (QED) is 0.706. The maximum absolute atomic E-state index is 11.0. The van der Waals surface area contributed by atoms with Crippen LogP contribution in [0.5, 0.6) is 0 Å². The minimum absolute atomic E-state index is 0.0760. The first kappa shape index (κ1) is 10.8. The molecule has 2 N–H and O–H groups in total. The Kier molecular flexibility index (Phi) is 4.83. The highest BCUT2D eigenvalue weighted by atomic mass is 16.2. The second-order valence-electron chi connectivity index (χ2n) is 3.29. The largest absolute Gasteiger partial charge is 0.338 e. The van der Waals surface area contributed by atoms with Crippen molar-refractivity contribution in [3.05, 3.63) is 23.8 Å². The molecule has 0 spiro atoms. The first-order valence-corrected chi connectivity index (χ1v) is 5.20. The van der Waals surface area contributed by atoms with Crippen LogP contribution in [0.1, 0.15) is 26.2 Å². The predicted molar refractivity (Wildman–Crippen MR) is 58.1 cm³/mol. The van der Waals surface area contributed by atoms with Crippen molar-refractivity contribution < 1.29 is 4.79 Å². The Bertz CT molecular complexity index is 244. The molecule has 14 heavy (non-hydrogen) atoms. The van der Waals surface area contributed by atoms with E-state index in [-0.39, 0.29) is 6.03 Å². The number of urea groups is 1. The summed E-state index contributed by atoms with van der Waals surface area (Å²) in [6.07, 6.45) is 9.76. The molecule has 78 valence electrons. The third-order valence-corrected chi connectivity index (χ3v) is 2.11. The lowest BCUT2D eigenvalue weighted by Crippen LogP contribution is -2.35. The highest BCUT2D eigenvalue weighted by Crippen LogP contribution is 2.11. The van der Waals surface area contributed by atoms with Gasteiger partial charge in [0.05, 0.1) is 0 Å². The van der Waals surface area contributed by atoms with E-state index in [1.165, 1.54) is 5.57 Å². The van der Waals surface area contributed by atoms with E-state index in [0.717, 1.165) is 19.3 Å². The highest BCUT2D eigenvalue weighted by molar-refractivity contribution is 5.73. The van der Waals surface area contributed by atoms with Gasteiger partial charge < -0.3 is 10.6 Å². The lowest BCUT2D eigenvalue weighted by molar-refractivity contribution is 0.241. The SMILES string of the molecule is CCNC(=O)NCCC1=CCCC=C1. The summed E-state index contributed by atoms with van der Waals surface area (Å²) < 4.78 is 0. The van der Waals surface area contributed by atoms with E-state index in [1.54, 1.807) is 0 Å². The molecular weight excluding hydrogens is 176 g/mol. The van der Waals surface area contributed by atoms with Gasteiger partial charge in [0.15, 0.2) is 0 Å². The van der Waals surface area contributed by atoms with Gasteiger partial charge in [-0.2, -0.15) is 0 Å². The molecule has 0 aromatic rings. The van der Waals surface area contributed by atoms with Crippen molar-refractivity contribution in [3.63, 3.8) is 0 Å². The number of hydrogen-bond acceptors (Lipinski definition) is 1. The van der Waals surface area contributed by atoms with Crippen molar-refractivity contribution in [2.24, 2.45) is 0 Å². The fraction of sp³-hybridized carbons (Fsp3) is 0.545. The smallest absolute Gasteiger partial charge is 0.314 e. The van der Waals surface area contributed by atoms with Crippen LogP contribution in [0.15, 0.2) is 23.8 Å². The van der Waals surface area contributed by atoms with E-state index in [1.807, 2.05) is 6.92 Å². The second-order valence-corrected chi connectivity index (χ2v) is 3.29. The Morgan fingerprint density at radius 1 is 1.43 bits per heavy atom. The Balaban J connectivity index is 2.11. The van der Waals surface area contributed by atoms with Gasteiger partial charge in [-0.25, -0.2) is 4.79 Å². The van der Waals surface area contributed by atoms with Crippen molar-refractivity contribution in [3.8, 4) is 0 Å². The van der Waals surface area contributed by atoms with Gasteiger partial charge >= 0.3 is 6.03 Å². The lowest BCUT2D eigenvalue weighted by Gasteiger charge is -2.08. The summed E-state index contributed by atoms with van der Waals surface area (Å²) in [5.74, 6) is 0. The van der Waals surface area contributed by atoms with E-state index in [4.69, 9.17) is 0 Å². The van der Waals surface area contributed by atoms with Crippen molar-refractivity contribution in [1.29, 1.82) is 0 Å². The Morgan fingerprint density at radius 2 is 2.29 bits per heavy atom. The average molecular weight is 194 g/mol. The van der Waals surface area contributed by atoms with E-state index in [2.05, 4.69) is 28.9 Å². The molecule has 0 fully saturated rings. The lowest BCUT2D eigenvalue weighted by atomic mass is 10.0. The van der Waals surface area contributed by atoms with Gasteiger partial charge in [0.1, 0.15) is 0 Å². The van der Waals surface area contributed by atoms with Crippen LogP contribution >= 0.6 is 0 Å². The van der Waals surface area contributed by atoms with Gasteiger partial charge in [0.25, 0.3) is 0 Å². The Hall–Kier alpha value is -1.25. The van der Waals surface area contributed by atoms with E-state index in [0.29, 0.717) is 13.1 Å². The molecule has 3 heteroatoms. The average Bonchev–Trinajstić information content (AvgIpc) is 2.20. The van der Waals surface area contributed by atoms with Crippen LogP contribution in [0, 0.1) is 0 Å². The third-order valence-electron chi connectivity index (χ3n) is 2.11.